The lowest BCUT2D eigenvalue weighted by Crippen LogP contribution is -2.47. The summed E-state index contributed by atoms with van der Waals surface area (Å²) in [7, 11) is 0. The molecule has 1 aliphatic rings. The molecule has 1 aliphatic heterocycles. The van der Waals surface area contributed by atoms with Crippen molar-refractivity contribution < 1.29 is 23.1 Å². The van der Waals surface area contributed by atoms with Gasteiger partial charge in [0.05, 0.1) is 17.9 Å². The molecule has 0 aliphatic carbocycles. The van der Waals surface area contributed by atoms with Crippen molar-refractivity contribution in [2.45, 2.75) is 52.5 Å². The topological polar surface area (TPSA) is 83.6 Å². The van der Waals surface area contributed by atoms with E-state index in [2.05, 4.69) is 20.5 Å². The lowest BCUT2D eigenvalue weighted by molar-refractivity contribution is -0.118. The normalized spacial score (nSPS) is 20.2. The standard InChI is InChI=1S/C22H28F2N4O3S/c1-12(2)19(26-20(29)18-16(23)6-5-7-17(18)24)21(30)27-22-25-15(11-32-22)10-28-8-13(3)31-14(4)9-28/h5-7,11-14,19H,8-10H2,1-4H3,(H,26,29)(H,25,27,30). The molecule has 0 spiro atoms. The largest absolute Gasteiger partial charge is 0.373 e. The highest BCUT2D eigenvalue weighted by Crippen LogP contribution is 2.20. The van der Waals surface area contributed by atoms with E-state index in [1.165, 1.54) is 17.4 Å². The van der Waals surface area contributed by atoms with E-state index in [-0.39, 0.29) is 18.1 Å². The van der Waals surface area contributed by atoms with Crippen LogP contribution < -0.4 is 10.6 Å². The van der Waals surface area contributed by atoms with Crippen molar-refractivity contribution in [1.82, 2.24) is 15.2 Å². The molecule has 0 radical (unpaired) electrons. The second kappa shape index (κ2) is 10.5. The summed E-state index contributed by atoms with van der Waals surface area (Å²) in [6.07, 6.45) is 0.289. The second-order valence-corrected chi connectivity index (χ2v) is 9.23. The molecule has 2 N–H and O–H groups in total. The van der Waals surface area contributed by atoms with Crippen LogP contribution >= 0.6 is 11.3 Å². The molecule has 1 aromatic heterocycles. The predicted molar refractivity (Wildman–Crippen MR) is 118 cm³/mol. The first-order chi connectivity index (χ1) is 15.1. The van der Waals surface area contributed by atoms with E-state index < -0.39 is 35.1 Å². The van der Waals surface area contributed by atoms with Gasteiger partial charge in [-0.2, -0.15) is 0 Å². The van der Waals surface area contributed by atoms with Gasteiger partial charge in [0.2, 0.25) is 5.91 Å². The van der Waals surface area contributed by atoms with Crippen molar-refractivity contribution in [1.29, 1.82) is 0 Å². The number of hydrogen-bond donors (Lipinski definition) is 2. The smallest absolute Gasteiger partial charge is 0.257 e. The molecule has 32 heavy (non-hydrogen) atoms. The van der Waals surface area contributed by atoms with Gasteiger partial charge in [-0.25, -0.2) is 13.8 Å². The third-order valence-corrected chi connectivity index (χ3v) is 5.89. The van der Waals surface area contributed by atoms with Crippen LogP contribution in [-0.2, 0) is 16.1 Å². The Morgan fingerprint density at radius 1 is 1.22 bits per heavy atom. The molecular weight excluding hydrogens is 438 g/mol. The Morgan fingerprint density at radius 3 is 2.44 bits per heavy atom. The molecule has 7 nitrogen and oxygen atoms in total. The van der Waals surface area contributed by atoms with Crippen LogP contribution in [0.4, 0.5) is 13.9 Å². The van der Waals surface area contributed by atoms with Gasteiger partial charge in [0.1, 0.15) is 23.2 Å². The lowest BCUT2D eigenvalue weighted by Gasteiger charge is -2.34. The number of hydrogen-bond acceptors (Lipinski definition) is 6. The number of thiazole rings is 1. The molecule has 3 atom stereocenters. The van der Waals surface area contributed by atoms with Gasteiger partial charge in [-0.05, 0) is 31.9 Å². The maximum atomic E-state index is 13.9. The summed E-state index contributed by atoms with van der Waals surface area (Å²) >= 11 is 1.28. The highest BCUT2D eigenvalue weighted by molar-refractivity contribution is 7.13. The maximum Gasteiger partial charge on any atom is 0.257 e. The van der Waals surface area contributed by atoms with Crippen molar-refractivity contribution in [2.75, 3.05) is 18.4 Å². The molecule has 10 heteroatoms. The van der Waals surface area contributed by atoms with Gasteiger partial charge in [0.25, 0.3) is 5.91 Å². The van der Waals surface area contributed by atoms with Crippen LogP contribution in [0.25, 0.3) is 0 Å². The number of amides is 2. The Kier molecular flexibility index (Phi) is 7.91. The van der Waals surface area contributed by atoms with Gasteiger partial charge < -0.3 is 15.4 Å². The number of rotatable bonds is 7. The fourth-order valence-electron chi connectivity index (χ4n) is 3.73. The summed E-state index contributed by atoms with van der Waals surface area (Å²) in [4.78, 5) is 32.0. The molecule has 1 aromatic carbocycles. The maximum absolute atomic E-state index is 13.9. The molecule has 1 fully saturated rings. The van der Waals surface area contributed by atoms with E-state index in [0.717, 1.165) is 30.9 Å². The second-order valence-electron chi connectivity index (χ2n) is 8.38. The van der Waals surface area contributed by atoms with Crippen molar-refractivity contribution in [3.05, 3.63) is 46.5 Å². The number of carbonyl (C=O) groups is 2. The summed E-state index contributed by atoms with van der Waals surface area (Å²) in [6, 6.07) is 2.17. The average molecular weight is 467 g/mol. The van der Waals surface area contributed by atoms with Crippen LogP contribution in [0.2, 0.25) is 0 Å². The van der Waals surface area contributed by atoms with Gasteiger partial charge in [-0.3, -0.25) is 14.5 Å². The van der Waals surface area contributed by atoms with E-state index in [0.29, 0.717) is 11.7 Å². The molecule has 2 heterocycles. The minimum Gasteiger partial charge on any atom is -0.373 e. The number of aromatic nitrogens is 1. The monoisotopic (exact) mass is 466 g/mol. The van der Waals surface area contributed by atoms with Gasteiger partial charge in [0.15, 0.2) is 5.13 Å². The van der Waals surface area contributed by atoms with Crippen molar-refractivity contribution in [3.63, 3.8) is 0 Å². The Balaban J connectivity index is 1.63. The Morgan fingerprint density at radius 2 is 1.84 bits per heavy atom. The number of morpholine rings is 1. The summed E-state index contributed by atoms with van der Waals surface area (Å²) in [5, 5.41) is 7.42. The first-order valence-electron chi connectivity index (χ1n) is 10.5. The molecule has 174 valence electrons. The number of anilines is 1. The zero-order valence-corrected chi connectivity index (χ0v) is 19.3. The summed E-state index contributed by atoms with van der Waals surface area (Å²) < 4.78 is 33.6. The van der Waals surface area contributed by atoms with Gasteiger partial charge in [0, 0.05) is 25.0 Å². The van der Waals surface area contributed by atoms with Crippen LogP contribution in [0.3, 0.4) is 0 Å². The van der Waals surface area contributed by atoms with Crippen molar-refractivity contribution >= 4 is 28.3 Å². The Hall–Kier alpha value is -2.43. The van der Waals surface area contributed by atoms with Gasteiger partial charge >= 0.3 is 0 Å². The predicted octanol–water partition coefficient (Wildman–Crippen LogP) is 3.42. The summed E-state index contributed by atoms with van der Waals surface area (Å²) in [5.74, 6) is -3.77. The molecule has 2 amide bonds. The number of nitrogens with zero attached hydrogens (tertiary/aromatic N) is 2. The highest BCUT2D eigenvalue weighted by atomic mass is 32.1. The number of benzene rings is 1. The fourth-order valence-corrected chi connectivity index (χ4v) is 4.43. The zero-order chi connectivity index (χ0) is 23.4. The van der Waals surface area contributed by atoms with Crippen LogP contribution in [0.5, 0.6) is 0 Å². The molecule has 1 saturated heterocycles. The highest BCUT2D eigenvalue weighted by Gasteiger charge is 2.28. The average Bonchev–Trinajstić information content (AvgIpc) is 3.11. The van der Waals surface area contributed by atoms with E-state index in [1.807, 2.05) is 19.2 Å². The van der Waals surface area contributed by atoms with Crippen LogP contribution in [0, 0.1) is 17.6 Å². The molecule has 3 unspecified atom stereocenters. The fraction of sp³-hybridized carbons (Fsp3) is 0.500. The van der Waals surface area contributed by atoms with Crippen molar-refractivity contribution in [2.24, 2.45) is 5.92 Å². The summed E-state index contributed by atoms with van der Waals surface area (Å²) in [5.41, 5.74) is 0.113. The zero-order valence-electron chi connectivity index (χ0n) is 18.5. The third-order valence-electron chi connectivity index (χ3n) is 5.09. The number of halogens is 2. The first-order valence-corrected chi connectivity index (χ1v) is 11.4. The SMILES string of the molecule is CC1CN(Cc2csc(NC(=O)C(NC(=O)c3c(F)cccc3F)C(C)C)n2)CC(C)O1. The van der Waals surface area contributed by atoms with E-state index in [1.54, 1.807) is 13.8 Å². The van der Waals surface area contributed by atoms with Crippen LogP contribution in [-0.4, -0.2) is 53.0 Å². The van der Waals surface area contributed by atoms with Crippen molar-refractivity contribution in [3.8, 4) is 0 Å². The number of nitrogens with one attached hydrogen (secondary N) is 2. The first kappa shape index (κ1) is 24.2. The van der Waals surface area contributed by atoms with Crippen LogP contribution in [0.1, 0.15) is 43.7 Å². The van der Waals surface area contributed by atoms with Gasteiger partial charge in [-0.1, -0.05) is 19.9 Å². The minimum absolute atomic E-state index is 0.145. The molecule has 0 saturated carbocycles. The Bertz CT molecular complexity index is 938. The third kappa shape index (κ3) is 6.08. The molecular formula is C22H28F2N4O3S. The number of carbonyl (C=O) groups excluding carboxylic acids is 2. The summed E-state index contributed by atoms with van der Waals surface area (Å²) in [6.45, 7) is 9.77. The van der Waals surface area contributed by atoms with Gasteiger partial charge in [-0.15, -0.1) is 11.3 Å². The van der Waals surface area contributed by atoms with E-state index in [4.69, 9.17) is 4.74 Å². The molecule has 0 bridgehead atoms. The minimum atomic E-state index is -0.991. The van der Waals surface area contributed by atoms with Crippen LogP contribution in [0.15, 0.2) is 23.6 Å². The van der Waals surface area contributed by atoms with E-state index in [9.17, 15) is 18.4 Å². The quantitative estimate of drug-likeness (QED) is 0.653. The molecule has 3 rings (SSSR count). The number of ether oxygens (including phenoxy) is 1. The Labute approximate surface area is 190 Å². The molecule has 2 aromatic rings. The lowest BCUT2D eigenvalue weighted by atomic mass is 10.0. The van der Waals surface area contributed by atoms with E-state index >= 15 is 0 Å².